The van der Waals surface area contributed by atoms with Crippen molar-refractivity contribution in [2.45, 2.75) is 6.92 Å². The number of allylic oxidation sites excluding steroid dienone is 2. The lowest BCUT2D eigenvalue weighted by Crippen LogP contribution is -1.92. The van der Waals surface area contributed by atoms with Gasteiger partial charge in [0.2, 0.25) is 0 Å². The Balaban J connectivity index is 3.74. The molecular weight excluding hydrogens is 98.1 g/mol. The zero-order valence-corrected chi connectivity index (χ0v) is 5.46. The van der Waals surface area contributed by atoms with Gasteiger partial charge < -0.3 is 0 Å². The van der Waals surface area contributed by atoms with Crippen molar-refractivity contribution in [3.05, 3.63) is 24.9 Å². The van der Waals surface area contributed by atoms with E-state index in [1.54, 1.807) is 6.20 Å². The van der Waals surface area contributed by atoms with Gasteiger partial charge in [-0.1, -0.05) is 6.08 Å². The van der Waals surface area contributed by atoms with Gasteiger partial charge in [0.15, 0.2) is 12.4 Å². The van der Waals surface area contributed by atoms with Crippen LogP contribution in [0.3, 0.4) is 0 Å². The van der Waals surface area contributed by atoms with Crippen molar-refractivity contribution in [2.75, 3.05) is 7.05 Å². The highest BCUT2D eigenvalue weighted by molar-refractivity contribution is 5.65. The molecule has 0 saturated carbocycles. The van der Waals surface area contributed by atoms with Gasteiger partial charge in [0, 0.05) is 0 Å². The molecule has 0 aromatic rings. The first-order valence-electron chi connectivity index (χ1n) is 2.62. The summed E-state index contributed by atoms with van der Waals surface area (Å²) in [7, 11) is 1.94. The molecule has 0 atom stereocenters. The minimum absolute atomic E-state index is 1.75. The first-order chi connectivity index (χ1) is 3.81. The third kappa shape index (κ3) is 3.34. The van der Waals surface area contributed by atoms with Crippen LogP contribution in [0, 0.1) is 0 Å². The molecule has 0 amide bonds. The average Bonchev–Trinajstić information content (AvgIpc) is 1.83. The molecule has 0 aliphatic heterocycles. The van der Waals surface area contributed by atoms with Crippen molar-refractivity contribution in [1.82, 2.24) is 0 Å². The van der Waals surface area contributed by atoms with E-state index >= 15 is 0 Å². The van der Waals surface area contributed by atoms with E-state index < -0.39 is 0 Å². The standard InChI is InChI=1S/C7H12N/c1-4-6-7-8(3)5-2/h4-7H,2H2,1,3H3/q+1/b6-4-,8-7-. The van der Waals surface area contributed by atoms with Crippen LogP contribution >= 0.6 is 0 Å². The SMILES string of the molecule is C=C/[N+](C)=C\C=C/C. The lowest BCUT2D eigenvalue weighted by Gasteiger charge is -1.77. The Morgan fingerprint density at radius 2 is 2.12 bits per heavy atom. The summed E-state index contributed by atoms with van der Waals surface area (Å²) >= 11 is 0. The Bertz CT molecular complexity index is 120. The quantitative estimate of drug-likeness (QED) is 0.373. The molecule has 8 heavy (non-hydrogen) atoms. The molecule has 0 heterocycles. The molecule has 0 aliphatic carbocycles. The molecule has 0 aliphatic rings. The van der Waals surface area contributed by atoms with Gasteiger partial charge in [0.05, 0.1) is 0 Å². The van der Waals surface area contributed by atoms with Crippen LogP contribution in [0.4, 0.5) is 0 Å². The molecule has 44 valence electrons. The van der Waals surface area contributed by atoms with Crippen molar-refractivity contribution < 1.29 is 4.58 Å². The average molecular weight is 110 g/mol. The Kier molecular flexibility index (Phi) is 3.85. The normalized spacial score (nSPS) is 12.5. The topological polar surface area (TPSA) is 3.01 Å². The van der Waals surface area contributed by atoms with Gasteiger partial charge >= 0.3 is 0 Å². The fraction of sp³-hybridized carbons (Fsp3) is 0.286. The molecule has 0 N–H and O–H groups in total. The highest BCUT2D eigenvalue weighted by Gasteiger charge is 1.76. The number of nitrogens with zero attached hydrogens (tertiary/aromatic N) is 1. The van der Waals surface area contributed by atoms with Gasteiger partial charge in [0.25, 0.3) is 0 Å². The molecular formula is C7H12N+. The maximum Gasteiger partial charge on any atom is 0.168 e. The summed E-state index contributed by atoms with van der Waals surface area (Å²) < 4.78 is 1.89. The Hall–Kier alpha value is -0.850. The van der Waals surface area contributed by atoms with E-state index in [9.17, 15) is 0 Å². The Morgan fingerprint density at radius 3 is 2.50 bits per heavy atom. The zero-order chi connectivity index (χ0) is 6.41. The summed E-state index contributed by atoms with van der Waals surface area (Å²) in [5, 5.41) is 0. The second kappa shape index (κ2) is 4.31. The zero-order valence-electron chi connectivity index (χ0n) is 5.46. The maximum absolute atomic E-state index is 3.57. The highest BCUT2D eigenvalue weighted by atomic mass is 14.9. The van der Waals surface area contributed by atoms with E-state index in [2.05, 4.69) is 6.58 Å². The van der Waals surface area contributed by atoms with E-state index in [1.165, 1.54) is 0 Å². The van der Waals surface area contributed by atoms with Gasteiger partial charge in [-0.2, -0.15) is 0 Å². The predicted molar refractivity (Wildman–Crippen MR) is 37.3 cm³/mol. The first-order valence-corrected chi connectivity index (χ1v) is 2.62. The summed E-state index contributed by atoms with van der Waals surface area (Å²) in [6.45, 7) is 5.55. The number of hydrogen-bond donors (Lipinski definition) is 0. The second-order valence-corrected chi connectivity index (χ2v) is 1.52. The molecule has 0 saturated heterocycles. The van der Waals surface area contributed by atoms with E-state index in [0.29, 0.717) is 0 Å². The summed E-state index contributed by atoms with van der Waals surface area (Å²) in [6, 6.07) is 0. The Morgan fingerprint density at radius 1 is 1.50 bits per heavy atom. The largest absolute Gasteiger partial charge is 0.208 e. The smallest absolute Gasteiger partial charge is 0.168 e. The van der Waals surface area contributed by atoms with Crippen molar-refractivity contribution >= 4 is 6.21 Å². The van der Waals surface area contributed by atoms with Crippen molar-refractivity contribution in [1.29, 1.82) is 0 Å². The summed E-state index contributed by atoms with van der Waals surface area (Å²) in [6.07, 6.45) is 7.62. The summed E-state index contributed by atoms with van der Waals surface area (Å²) in [5.74, 6) is 0. The molecule has 0 aromatic carbocycles. The molecule has 0 radical (unpaired) electrons. The van der Waals surface area contributed by atoms with Crippen LogP contribution in [0.2, 0.25) is 0 Å². The molecule has 1 heteroatoms. The Labute approximate surface area is 50.7 Å². The van der Waals surface area contributed by atoms with Crippen LogP contribution in [0.1, 0.15) is 6.92 Å². The van der Waals surface area contributed by atoms with Gasteiger partial charge in [0.1, 0.15) is 7.05 Å². The summed E-state index contributed by atoms with van der Waals surface area (Å²) in [4.78, 5) is 0. The van der Waals surface area contributed by atoms with E-state index in [1.807, 2.05) is 36.9 Å². The third-order valence-corrected chi connectivity index (χ3v) is 0.802. The number of rotatable bonds is 2. The van der Waals surface area contributed by atoms with Gasteiger partial charge in [-0.15, -0.1) is 0 Å². The minimum atomic E-state index is 1.75. The predicted octanol–water partition coefficient (Wildman–Crippen LogP) is 1.42. The number of hydrogen-bond acceptors (Lipinski definition) is 0. The monoisotopic (exact) mass is 110 g/mol. The van der Waals surface area contributed by atoms with Gasteiger partial charge in [-0.05, 0) is 19.6 Å². The van der Waals surface area contributed by atoms with Crippen LogP contribution in [0.5, 0.6) is 0 Å². The fourth-order valence-corrected chi connectivity index (χ4v) is 0.283. The van der Waals surface area contributed by atoms with Crippen LogP contribution in [-0.4, -0.2) is 17.8 Å². The minimum Gasteiger partial charge on any atom is -0.208 e. The van der Waals surface area contributed by atoms with Gasteiger partial charge in [-0.25, -0.2) is 4.58 Å². The highest BCUT2D eigenvalue weighted by Crippen LogP contribution is 1.66. The molecule has 0 rings (SSSR count). The lowest BCUT2D eigenvalue weighted by molar-refractivity contribution is -0.415. The lowest BCUT2D eigenvalue weighted by atomic mass is 10.5. The van der Waals surface area contributed by atoms with E-state index in [4.69, 9.17) is 0 Å². The molecule has 0 unspecified atom stereocenters. The molecule has 0 bridgehead atoms. The van der Waals surface area contributed by atoms with Gasteiger partial charge in [-0.3, -0.25) is 0 Å². The fourth-order valence-electron chi connectivity index (χ4n) is 0.283. The van der Waals surface area contributed by atoms with E-state index in [0.717, 1.165) is 0 Å². The van der Waals surface area contributed by atoms with Crippen molar-refractivity contribution in [3.63, 3.8) is 0 Å². The van der Waals surface area contributed by atoms with Crippen LogP contribution in [0.15, 0.2) is 24.9 Å². The molecule has 1 nitrogen and oxygen atoms in total. The first kappa shape index (κ1) is 7.15. The van der Waals surface area contributed by atoms with Crippen LogP contribution in [-0.2, 0) is 0 Å². The third-order valence-electron chi connectivity index (χ3n) is 0.802. The van der Waals surface area contributed by atoms with Crippen molar-refractivity contribution in [3.8, 4) is 0 Å². The second-order valence-electron chi connectivity index (χ2n) is 1.52. The molecule has 0 aromatic heterocycles. The molecule has 0 fully saturated rings. The van der Waals surface area contributed by atoms with Crippen molar-refractivity contribution in [2.24, 2.45) is 0 Å². The maximum atomic E-state index is 3.57. The van der Waals surface area contributed by atoms with Crippen LogP contribution in [0.25, 0.3) is 0 Å². The van der Waals surface area contributed by atoms with E-state index in [-0.39, 0.29) is 0 Å². The summed E-state index contributed by atoms with van der Waals surface area (Å²) in [5.41, 5.74) is 0. The molecule has 0 spiro atoms. The van der Waals surface area contributed by atoms with Crippen LogP contribution < -0.4 is 0 Å².